The number of nitrogens with one attached hydrogen (secondary N) is 1. The highest BCUT2D eigenvalue weighted by Gasteiger charge is 2.39. The SMILES string of the molecule is CC1CC(=O)C2=C(C1)Nc1nc(SCc3ccc(Cl)cc3)nn1C2c1ccc2c(c1)OCCCO2. The molecule has 6 rings (SSSR count). The summed E-state index contributed by atoms with van der Waals surface area (Å²) in [4.78, 5) is 18.1. The van der Waals surface area contributed by atoms with Gasteiger partial charge in [0.25, 0.3) is 0 Å². The molecule has 2 atom stereocenters. The number of halogens is 1. The van der Waals surface area contributed by atoms with Gasteiger partial charge in [0.2, 0.25) is 11.1 Å². The number of hydrogen-bond donors (Lipinski definition) is 1. The third kappa shape index (κ3) is 4.41. The van der Waals surface area contributed by atoms with Crippen LogP contribution in [-0.2, 0) is 10.5 Å². The van der Waals surface area contributed by atoms with Crippen molar-refractivity contribution in [2.75, 3.05) is 18.5 Å². The lowest BCUT2D eigenvalue weighted by atomic mass is 9.81. The van der Waals surface area contributed by atoms with E-state index >= 15 is 0 Å². The maximum absolute atomic E-state index is 13.3. The normalized spacial score (nSPS) is 21.1. The Labute approximate surface area is 212 Å². The number of ether oxygens (including phenoxy) is 2. The zero-order valence-electron chi connectivity index (χ0n) is 19.3. The fraction of sp³-hybridized carbons (Fsp3) is 0.346. The van der Waals surface area contributed by atoms with Gasteiger partial charge >= 0.3 is 0 Å². The van der Waals surface area contributed by atoms with E-state index in [2.05, 4.69) is 12.2 Å². The molecule has 0 fully saturated rings. The molecule has 1 N–H and O–H groups in total. The van der Waals surface area contributed by atoms with Crippen molar-refractivity contribution in [1.29, 1.82) is 0 Å². The lowest BCUT2D eigenvalue weighted by Crippen LogP contribution is -2.33. The molecule has 3 aromatic rings. The number of carbonyl (C=O) groups is 1. The van der Waals surface area contributed by atoms with Gasteiger partial charge in [0.1, 0.15) is 6.04 Å². The summed E-state index contributed by atoms with van der Waals surface area (Å²) in [5.74, 6) is 3.25. The Morgan fingerprint density at radius 1 is 1.11 bits per heavy atom. The van der Waals surface area contributed by atoms with Crippen LogP contribution < -0.4 is 14.8 Å². The highest BCUT2D eigenvalue weighted by atomic mass is 35.5. The van der Waals surface area contributed by atoms with Crippen LogP contribution in [0, 0.1) is 5.92 Å². The van der Waals surface area contributed by atoms with Crippen molar-refractivity contribution in [2.45, 2.75) is 43.1 Å². The zero-order valence-corrected chi connectivity index (χ0v) is 20.9. The zero-order chi connectivity index (χ0) is 23.9. The second-order valence-electron chi connectivity index (χ2n) is 9.19. The van der Waals surface area contributed by atoms with Crippen molar-refractivity contribution in [1.82, 2.24) is 14.8 Å². The second kappa shape index (κ2) is 9.24. The first kappa shape index (κ1) is 22.5. The quantitative estimate of drug-likeness (QED) is 0.456. The first-order valence-corrected chi connectivity index (χ1v) is 13.2. The molecule has 2 unspecified atom stereocenters. The summed E-state index contributed by atoms with van der Waals surface area (Å²) >= 11 is 7.57. The Kier molecular flexibility index (Phi) is 5.94. The molecule has 180 valence electrons. The number of aromatic nitrogens is 3. The van der Waals surface area contributed by atoms with E-state index in [4.69, 9.17) is 31.2 Å². The first-order chi connectivity index (χ1) is 17.0. The van der Waals surface area contributed by atoms with Gasteiger partial charge in [0.15, 0.2) is 17.3 Å². The number of anilines is 1. The fourth-order valence-corrected chi connectivity index (χ4v) is 5.75. The fourth-order valence-electron chi connectivity index (χ4n) is 4.83. The minimum Gasteiger partial charge on any atom is -0.490 e. The molecule has 1 aromatic heterocycles. The van der Waals surface area contributed by atoms with Gasteiger partial charge < -0.3 is 14.8 Å². The summed E-state index contributed by atoms with van der Waals surface area (Å²) in [7, 11) is 0. The van der Waals surface area contributed by atoms with E-state index in [1.165, 1.54) is 0 Å². The molecule has 0 bridgehead atoms. The van der Waals surface area contributed by atoms with E-state index in [-0.39, 0.29) is 17.7 Å². The molecule has 0 saturated heterocycles. The molecule has 3 heterocycles. The molecule has 0 radical (unpaired) electrons. The lowest BCUT2D eigenvalue weighted by Gasteiger charge is -2.34. The smallest absolute Gasteiger partial charge is 0.227 e. The van der Waals surface area contributed by atoms with Crippen molar-refractivity contribution < 1.29 is 14.3 Å². The van der Waals surface area contributed by atoms with E-state index in [0.717, 1.165) is 46.7 Å². The lowest BCUT2D eigenvalue weighted by molar-refractivity contribution is -0.117. The van der Waals surface area contributed by atoms with Crippen molar-refractivity contribution in [3.8, 4) is 11.5 Å². The Bertz CT molecular complexity index is 1320. The molecular weight excluding hydrogens is 484 g/mol. The van der Waals surface area contributed by atoms with E-state index in [0.29, 0.717) is 41.5 Å². The molecule has 0 amide bonds. The summed E-state index contributed by atoms with van der Waals surface area (Å²) in [5, 5.41) is 9.63. The molecule has 0 saturated carbocycles. The number of Topliss-reactive ketones (excluding diaryl/α,β-unsaturated/α-hetero) is 1. The topological polar surface area (TPSA) is 78.3 Å². The molecule has 1 aliphatic carbocycles. The summed E-state index contributed by atoms with van der Waals surface area (Å²) in [6.45, 7) is 3.35. The maximum Gasteiger partial charge on any atom is 0.227 e. The Morgan fingerprint density at radius 2 is 1.91 bits per heavy atom. The van der Waals surface area contributed by atoms with Crippen LogP contribution >= 0.6 is 23.4 Å². The number of fused-ring (bicyclic) bond motifs is 2. The number of benzene rings is 2. The minimum atomic E-state index is -0.365. The highest BCUT2D eigenvalue weighted by molar-refractivity contribution is 7.98. The molecule has 3 aliphatic rings. The van der Waals surface area contributed by atoms with Gasteiger partial charge in [-0.15, -0.1) is 5.10 Å². The van der Waals surface area contributed by atoms with Gasteiger partial charge in [-0.3, -0.25) is 4.79 Å². The molecule has 2 aromatic carbocycles. The Balaban J connectivity index is 1.37. The van der Waals surface area contributed by atoms with Gasteiger partial charge in [-0.1, -0.05) is 48.5 Å². The van der Waals surface area contributed by atoms with Crippen molar-refractivity contribution in [2.24, 2.45) is 5.92 Å². The number of hydrogen-bond acceptors (Lipinski definition) is 7. The van der Waals surface area contributed by atoms with Crippen LogP contribution in [0.15, 0.2) is 58.9 Å². The second-order valence-corrected chi connectivity index (χ2v) is 10.6. The van der Waals surface area contributed by atoms with Gasteiger partial charge in [-0.05, 0) is 47.7 Å². The van der Waals surface area contributed by atoms with Gasteiger partial charge in [0.05, 0.1) is 13.2 Å². The van der Waals surface area contributed by atoms with E-state index in [1.54, 1.807) is 11.8 Å². The van der Waals surface area contributed by atoms with Crippen LogP contribution in [0.4, 0.5) is 5.95 Å². The number of thioether (sulfide) groups is 1. The molecule has 0 spiro atoms. The van der Waals surface area contributed by atoms with E-state index < -0.39 is 0 Å². The third-order valence-corrected chi connectivity index (χ3v) is 7.63. The minimum absolute atomic E-state index is 0.153. The third-order valence-electron chi connectivity index (χ3n) is 6.47. The highest BCUT2D eigenvalue weighted by Crippen LogP contribution is 2.44. The van der Waals surface area contributed by atoms with E-state index in [9.17, 15) is 4.79 Å². The van der Waals surface area contributed by atoms with E-state index in [1.807, 2.05) is 47.1 Å². The van der Waals surface area contributed by atoms with Crippen LogP contribution in [0.5, 0.6) is 11.5 Å². The Morgan fingerprint density at radius 3 is 2.74 bits per heavy atom. The van der Waals surface area contributed by atoms with Crippen LogP contribution in [-0.4, -0.2) is 33.8 Å². The molecular formula is C26H25ClN4O3S. The summed E-state index contributed by atoms with van der Waals surface area (Å²) < 4.78 is 13.6. The summed E-state index contributed by atoms with van der Waals surface area (Å²) in [6.07, 6.45) is 2.18. The average Bonchev–Trinajstić information content (AvgIpc) is 3.09. The molecule has 7 nitrogen and oxygen atoms in total. The Hall–Kier alpha value is -2.97. The standard InChI is InChI=1S/C26H25ClN4O3S/c1-15-11-19-23(20(32)12-15)24(17-5-8-21-22(13-17)34-10-2-9-33-21)31-25(28-19)29-26(30-31)35-14-16-3-6-18(27)7-4-16/h3-8,13,15,24H,2,9-12,14H2,1H3,(H,28,29,30). The maximum atomic E-state index is 13.3. The number of allylic oxidation sites excluding steroid dienone is 2. The van der Waals surface area contributed by atoms with Crippen LogP contribution in [0.3, 0.4) is 0 Å². The predicted octanol–water partition coefficient (Wildman–Crippen LogP) is 5.65. The largest absolute Gasteiger partial charge is 0.490 e. The molecule has 9 heteroatoms. The van der Waals surface area contributed by atoms with Crippen LogP contribution in [0.2, 0.25) is 5.02 Å². The summed E-state index contributed by atoms with van der Waals surface area (Å²) in [5.41, 5.74) is 3.79. The monoisotopic (exact) mass is 508 g/mol. The summed E-state index contributed by atoms with van der Waals surface area (Å²) in [6, 6.07) is 13.3. The van der Waals surface area contributed by atoms with Gasteiger partial charge in [0, 0.05) is 34.9 Å². The van der Waals surface area contributed by atoms with Gasteiger partial charge in [-0.2, -0.15) is 4.98 Å². The van der Waals surface area contributed by atoms with Gasteiger partial charge in [-0.25, -0.2) is 4.68 Å². The van der Waals surface area contributed by atoms with Crippen molar-refractivity contribution in [3.05, 3.63) is 69.9 Å². The van der Waals surface area contributed by atoms with Crippen molar-refractivity contribution in [3.63, 3.8) is 0 Å². The number of nitrogens with zero attached hydrogens (tertiary/aromatic N) is 3. The van der Waals surface area contributed by atoms with Crippen LogP contribution in [0.25, 0.3) is 0 Å². The van der Waals surface area contributed by atoms with Crippen LogP contribution in [0.1, 0.15) is 43.4 Å². The average molecular weight is 509 g/mol. The van der Waals surface area contributed by atoms with Crippen molar-refractivity contribution >= 4 is 35.1 Å². The first-order valence-electron chi connectivity index (χ1n) is 11.8. The molecule has 35 heavy (non-hydrogen) atoms. The predicted molar refractivity (Wildman–Crippen MR) is 135 cm³/mol. The number of rotatable bonds is 4. The number of carbonyl (C=O) groups excluding carboxylic acids is 1. The number of ketones is 1. The molecule has 2 aliphatic heterocycles.